The molecule has 27 heavy (non-hydrogen) atoms. The van der Waals surface area contributed by atoms with Crippen molar-refractivity contribution in [1.29, 1.82) is 0 Å². The molecule has 1 aliphatic heterocycles. The van der Waals surface area contributed by atoms with E-state index in [1.807, 2.05) is 11.0 Å². The number of ether oxygens (including phenoxy) is 1. The Morgan fingerprint density at radius 3 is 2.74 bits per heavy atom. The van der Waals surface area contributed by atoms with Crippen LogP contribution >= 0.6 is 0 Å². The van der Waals surface area contributed by atoms with E-state index in [-0.39, 0.29) is 11.7 Å². The van der Waals surface area contributed by atoms with Crippen LogP contribution in [0.3, 0.4) is 0 Å². The van der Waals surface area contributed by atoms with E-state index in [2.05, 4.69) is 18.2 Å². The van der Waals surface area contributed by atoms with Gasteiger partial charge in [-0.25, -0.2) is 0 Å². The number of benzene rings is 2. The predicted octanol–water partition coefficient (Wildman–Crippen LogP) is 3.28. The first kappa shape index (κ1) is 19.0. The largest absolute Gasteiger partial charge is 0.504 e. The topological polar surface area (TPSA) is 75.8 Å². The minimum absolute atomic E-state index is 0.0104. The maximum atomic E-state index is 12.5. The van der Waals surface area contributed by atoms with Gasteiger partial charge in [0.1, 0.15) is 0 Å². The van der Waals surface area contributed by atoms with Crippen LogP contribution in [0.25, 0.3) is 6.08 Å². The van der Waals surface area contributed by atoms with Gasteiger partial charge in [-0.2, -0.15) is 0 Å². The van der Waals surface area contributed by atoms with Crippen LogP contribution in [-0.2, 0) is 11.3 Å². The zero-order valence-electron chi connectivity index (χ0n) is 15.6. The summed E-state index contributed by atoms with van der Waals surface area (Å²) in [6, 6.07) is 13.5. The average Bonchev–Trinajstić information content (AvgIpc) is 2.73. The summed E-state index contributed by atoms with van der Waals surface area (Å²) in [6.45, 7) is 2.05. The molecule has 0 unspecified atom stereocenters. The van der Waals surface area contributed by atoms with Gasteiger partial charge in [0.05, 0.1) is 7.11 Å². The number of carbonyl (C=O) groups is 1. The van der Waals surface area contributed by atoms with E-state index in [1.165, 1.54) is 12.7 Å². The molecule has 1 saturated heterocycles. The van der Waals surface area contributed by atoms with Crippen molar-refractivity contribution in [3.05, 3.63) is 65.2 Å². The van der Waals surface area contributed by atoms with E-state index in [0.717, 1.165) is 37.1 Å². The number of methoxy groups -OCH3 is 1. The van der Waals surface area contributed by atoms with Crippen molar-refractivity contribution in [2.45, 2.75) is 25.3 Å². The number of rotatable bonds is 5. The molecule has 3 N–H and O–H groups in total. The molecule has 2 aromatic rings. The number of likely N-dealkylation sites (tertiary alicyclic amines) is 1. The Balaban J connectivity index is 1.58. The standard InChI is InChI=1S/C22H26N2O3/c1-27-21-14-16(5-7-20(21)25)6-8-22(26)24-11-9-18(10-12-24)19-4-2-3-17(13-19)15-23/h2-8,13-14,18,25H,9-12,15,23H2,1H3. The first-order valence-electron chi connectivity index (χ1n) is 9.23. The molecule has 0 radical (unpaired) electrons. The van der Waals surface area contributed by atoms with Crippen LogP contribution in [0.1, 0.15) is 35.4 Å². The van der Waals surface area contributed by atoms with Crippen LogP contribution in [-0.4, -0.2) is 36.1 Å². The molecule has 2 aromatic carbocycles. The normalized spacial score (nSPS) is 15.3. The molecule has 0 spiro atoms. The third-order valence-electron chi connectivity index (χ3n) is 5.09. The molecular weight excluding hydrogens is 340 g/mol. The van der Waals surface area contributed by atoms with Crippen molar-refractivity contribution in [3.8, 4) is 11.5 Å². The van der Waals surface area contributed by atoms with E-state index in [0.29, 0.717) is 18.2 Å². The van der Waals surface area contributed by atoms with Gasteiger partial charge in [0.25, 0.3) is 0 Å². The predicted molar refractivity (Wildman–Crippen MR) is 107 cm³/mol. The summed E-state index contributed by atoms with van der Waals surface area (Å²) in [5.41, 5.74) is 9.01. The van der Waals surface area contributed by atoms with Gasteiger partial charge in [-0.1, -0.05) is 30.3 Å². The van der Waals surface area contributed by atoms with Gasteiger partial charge in [-0.05, 0) is 53.7 Å². The Morgan fingerprint density at radius 1 is 1.26 bits per heavy atom. The first-order chi connectivity index (χ1) is 13.1. The summed E-state index contributed by atoms with van der Waals surface area (Å²) < 4.78 is 5.09. The highest BCUT2D eigenvalue weighted by atomic mass is 16.5. The maximum absolute atomic E-state index is 12.5. The fourth-order valence-corrected chi connectivity index (χ4v) is 3.48. The smallest absolute Gasteiger partial charge is 0.246 e. The van der Waals surface area contributed by atoms with Gasteiger partial charge in [-0.3, -0.25) is 4.79 Å². The number of amides is 1. The van der Waals surface area contributed by atoms with Gasteiger partial charge in [0.15, 0.2) is 11.5 Å². The number of nitrogens with zero attached hydrogens (tertiary/aromatic N) is 1. The van der Waals surface area contributed by atoms with Gasteiger partial charge in [0, 0.05) is 25.7 Å². The lowest BCUT2D eigenvalue weighted by molar-refractivity contribution is -0.126. The number of nitrogens with two attached hydrogens (primary N) is 1. The SMILES string of the molecule is COc1cc(C=CC(=O)N2CCC(c3cccc(CN)c3)CC2)ccc1O. The molecule has 5 heteroatoms. The number of phenolic OH excluding ortho intramolecular Hbond substituents is 1. The fourth-order valence-electron chi connectivity index (χ4n) is 3.48. The van der Waals surface area contributed by atoms with Crippen LogP contribution in [0.5, 0.6) is 11.5 Å². The van der Waals surface area contributed by atoms with Crippen molar-refractivity contribution in [2.24, 2.45) is 5.73 Å². The molecule has 0 bridgehead atoms. The van der Waals surface area contributed by atoms with Crippen molar-refractivity contribution >= 4 is 12.0 Å². The Bertz CT molecular complexity index is 824. The first-order valence-corrected chi connectivity index (χ1v) is 9.23. The number of hydrogen-bond donors (Lipinski definition) is 2. The second-order valence-corrected chi connectivity index (χ2v) is 6.81. The lowest BCUT2D eigenvalue weighted by Crippen LogP contribution is -2.36. The van der Waals surface area contributed by atoms with Crippen molar-refractivity contribution in [3.63, 3.8) is 0 Å². The molecular formula is C22H26N2O3. The molecule has 1 fully saturated rings. The second-order valence-electron chi connectivity index (χ2n) is 6.81. The van der Waals surface area contributed by atoms with E-state index in [1.54, 1.807) is 30.4 Å². The third-order valence-corrected chi connectivity index (χ3v) is 5.09. The highest BCUT2D eigenvalue weighted by molar-refractivity contribution is 5.92. The lowest BCUT2D eigenvalue weighted by Gasteiger charge is -2.31. The van der Waals surface area contributed by atoms with Gasteiger partial charge in [0.2, 0.25) is 5.91 Å². The Kier molecular flexibility index (Phi) is 6.14. The molecule has 0 saturated carbocycles. The second kappa shape index (κ2) is 8.73. The summed E-state index contributed by atoms with van der Waals surface area (Å²) in [6.07, 6.45) is 5.25. The minimum atomic E-state index is 0.0104. The molecule has 0 atom stereocenters. The summed E-state index contributed by atoms with van der Waals surface area (Å²) in [5.74, 6) is 0.967. The summed E-state index contributed by atoms with van der Waals surface area (Å²) in [7, 11) is 1.50. The fraction of sp³-hybridized carbons (Fsp3) is 0.318. The van der Waals surface area contributed by atoms with Crippen LogP contribution in [0, 0.1) is 0 Å². The summed E-state index contributed by atoms with van der Waals surface area (Å²) in [4.78, 5) is 14.4. The van der Waals surface area contributed by atoms with E-state index in [9.17, 15) is 9.90 Å². The zero-order valence-corrected chi connectivity index (χ0v) is 15.6. The monoisotopic (exact) mass is 366 g/mol. The van der Waals surface area contributed by atoms with E-state index in [4.69, 9.17) is 10.5 Å². The minimum Gasteiger partial charge on any atom is -0.504 e. The number of piperidine rings is 1. The lowest BCUT2D eigenvalue weighted by atomic mass is 9.88. The van der Waals surface area contributed by atoms with Crippen LogP contribution in [0.4, 0.5) is 0 Å². The summed E-state index contributed by atoms with van der Waals surface area (Å²) in [5, 5.41) is 9.64. The zero-order chi connectivity index (χ0) is 19.2. The van der Waals surface area contributed by atoms with Gasteiger partial charge >= 0.3 is 0 Å². The molecule has 1 heterocycles. The number of carbonyl (C=O) groups excluding carboxylic acids is 1. The van der Waals surface area contributed by atoms with Crippen molar-refractivity contribution in [2.75, 3.05) is 20.2 Å². The molecule has 142 valence electrons. The highest BCUT2D eigenvalue weighted by Gasteiger charge is 2.22. The molecule has 0 aromatic heterocycles. The summed E-state index contributed by atoms with van der Waals surface area (Å²) >= 11 is 0. The molecule has 1 aliphatic rings. The Hall–Kier alpha value is -2.79. The van der Waals surface area contributed by atoms with E-state index >= 15 is 0 Å². The van der Waals surface area contributed by atoms with Crippen molar-refractivity contribution < 1.29 is 14.6 Å². The number of hydrogen-bond acceptors (Lipinski definition) is 4. The molecule has 0 aliphatic carbocycles. The Labute approximate surface area is 160 Å². The highest BCUT2D eigenvalue weighted by Crippen LogP contribution is 2.29. The maximum Gasteiger partial charge on any atom is 0.246 e. The van der Waals surface area contributed by atoms with Crippen LogP contribution < -0.4 is 10.5 Å². The molecule has 5 nitrogen and oxygen atoms in total. The van der Waals surface area contributed by atoms with Gasteiger partial charge in [-0.15, -0.1) is 0 Å². The average molecular weight is 366 g/mol. The number of aromatic hydroxyl groups is 1. The molecule has 1 amide bonds. The van der Waals surface area contributed by atoms with E-state index < -0.39 is 0 Å². The van der Waals surface area contributed by atoms with Crippen LogP contribution in [0.15, 0.2) is 48.5 Å². The van der Waals surface area contributed by atoms with Crippen LogP contribution in [0.2, 0.25) is 0 Å². The number of phenols is 1. The van der Waals surface area contributed by atoms with Gasteiger partial charge < -0.3 is 20.5 Å². The van der Waals surface area contributed by atoms with Crippen molar-refractivity contribution in [1.82, 2.24) is 4.90 Å². The third kappa shape index (κ3) is 4.68. The quantitative estimate of drug-likeness (QED) is 0.796. The molecule has 3 rings (SSSR count). The Morgan fingerprint density at radius 2 is 2.04 bits per heavy atom.